The highest BCUT2D eigenvalue weighted by atomic mass is 32.2. The Kier molecular flexibility index (Phi) is 5.28. The number of fused-ring (bicyclic) bond motifs is 1. The van der Waals surface area contributed by atoms with Crippen molar-refractivity contribution in [1.29, 1.82) is 0 Å². The molecule has 0 aliphatic heterocycles. The highest BCUT2D eigenvalue weighted by Gasteiger charge is 2.05. The van der Waals surface area contributed by atoms with E-state index in [-0.39, 0.29) is 0 Å². The third kappa shape index (κ3) is 4.62. The highest BCUT2D eigenvalue weighted by Crippen LogP contribution is 2.22. The molecule has 0 atom stereocenters. The molecule has 0 aliphatic rings. The number of benzene rings is 1. The van der Waals surface area contributed by atoms with E-state index in [2.05, 4.69) is 39.9 Å². The van der Waals surface area contributed by atoms with Crippen LogP contribution in [0.15, 0.2) is 18.5 Å². The zero-order valence-electron chi connectivity index (χ0n) is 12.8. The molecule has 8 heteroatoms. The summed E-state index contributed by atoms with van der Waals surface area (Å²) in [6.07, 6.45) is 3.05. The fourth-order valence-electron chi connectivity index (χ4n) is 2.13. The molecule has 0 saturated heterocycles. The standard InChI is InChI=1S/C14H21N5O2S/c1-10-7-12-13(8-11(10)2)17-9-18-14(12)16-5-3-4-6-19-22(15,20)21/h7-9,19H,3-6H2,1-2H3,(H2,15,20,21)(H,16,17,18). The average Bonchev–Trinajstić information content (AvgIpc) is 2.43. The van der Waals surface area contributed by atoms with Crippen LogP contribution in [0.2, 0.25) is 0 Å². The van der Waals surface area contributed by atoms with E-state index >= 15 is 0 Å². The van der Waals surface area contributed by atoms with Gasteiger partial charge in [0.05, 0.1) is 5.52 Å². The quantitative estimate of drug-likeness (QED) is 0.664. The van der Waals surface area contributed by atoms with E-state index in [9.17, 15) is 8.42 Å². The van der Waals surface area contributed by atoms with Crippen LogP contribution in [0.3, 0.4) is 0 Å². The average molecular weight is 323 g/mol. The van der Waals surface area contributed by atoms with E-state index in [1.165, 1.54) is 11.1 Å². The van der Waals surface area contributed by atoms with Crippen molar-refractivity contribution in [2.24, 2.45) is 5.14 Å². The highest BCUT2D eigenvalue weighted by molar-refractivity contribution is 7.87. The minimum Gasteiger partial charge on any atom is -0.369 e. The number of hydrogen-bond acceptors (Lipinski definition) is 5. The molecule has 0 aliphatic carbocycles. The van der Waals surface area contributed by atoms with E-state index in [0.29, 0.717) is 19.5 Å². The number of unbranched alkanes of at least 4 members (excludes halogenated alkanes) is 1. The van der Waals surface area contributed by atoms with Crippen LogP contribution in [0.1, 0.15) is 24.0 Å². The largest absolute Gasteiger partial charge is 0.369 e. The number of nitrogens with zero attached hydrogens (tertiary/aromatic N) is 2. The summed E-state index contributed by atoms with van der Waals surface area (Å²) < 4.78 is 23.7. The number of aryl methyl sites for hydroxylation is 2. The molecule has 1 aromatic heterocycles. The second kappa shape index (κ2) is 6.99. The van der Waals surface area contributed by atoms with Gasteiger partial charge in [-0.2, -0.15) is 8.42 Å². The second-order valence-corrected chi connectivity index (χ2v) is 6.63. The Morgan fingerprint density at radius 1 is 1.09 bits per heavy atom. The summed E-state index contributed by atoms with van der Waals surface area (Å²) in [7, 11) is -3.59. The van der Waals surface area contributed by atoms with Crippen LogP contribution in [0.25, 0.3) is 10.9 Å². The summed E-state index contributed by atoms with van der Waals surface area (Å²) in [5.74, 6) is 0.799. The van der Waals surface area contributed by atoms with E-state index < -0.39 is 10.2 Å². The molecular weight excluding hydrogens is 302 g/mol. The Labute approximate surface area is 130 Å². The predicted molar refractivity (Wildman–Crippen MR) is 87.8 cm³/mol. The lowest BCUT2D eigenvalue weighted by Crippen LogP contribution is -2.31. The molecule has 1 aromatic carbocycles. The lowest BCUT2D eigenvalue weighted by molar-refractivity contribution is 0.579. The van der Waals surface area contributed by atoms with Gasteiger partial charge in [-0.1, -0.05) is 0 Å². The van der Waals surface area contributed by atoms with Crippen LogP contribution >= 0.6 is 0 Å². The van der Waals surface area contributed by atoms with Gasteiger partial charge in [-0.15, -0.1) is 0 Å². The third-order valence-electron chi connectivity index (χ3n) is 3.45. The molecule has 0 fully saturated rings. The summed E-state index contributed by atoms with van der Waals surface area (Å²) in [4.78, 5) is 8.57. The SMILES string of the molecule is Cc1cc2ncnc(NCCCCNS(N)(=O)=O)c2cc1C. The minimum absolute atomic E-state index is 0.337. The lowest BCUT2D eigenvalue weighted by atomic mass is 10.1. The Bertz CT molecular complexity index is 761. The van der Waals surface area contributed by atoms with Crippen molar-refractivity contribution in [3.63, 3.8) is 0 Å². The molecule has 0 amide bonds. The first-order valence-corrected chi connectivity index (χ1v) is 8.64. The molecule has 2 aromatic rings. The zero-order chi connectivity index (χ0) is 16.2. The van der Waals surface area contributed by atoms with Gasteiger partial charge in [0.25, 0.3) is 10.2 Å². The number of aromatic nitrogens is 2. The molecule has 120 valence electrons. The van der Waals surface area contributed by atoms with Gasteiger partial charge >= 0.3 is 0 Å². The number of nitrogens with one attached hydrogen (secondary N) is 2. The molecular formula is C14H21N5O2S. The van der Waals surface area contributed by atoms with Crippen molar-refractivity contribution >= 4 is 26.9 Å². The molecule has 1 heterocycles. The predicted octanol–water partition coefficient (Wildman–Crippen LogP) is 1.23. The molecule has 0 saturated carbocycles. The number of nitrogens with two attached hydrogens (primary N) is 1. The smallest absolute Gasteiger partial charge is 0.274 e. The van der Waals surface area contributed by atoms with Gasteiger partial charge in [0.15, 0.2) is 0 Å². The summed E-state index contributed by atoms with van der Waals surface area (Å²) in [6.45, 7) is 5.15. The lowest BCUT2D eigenvalue weighted by Gasteiger charge is -2.10. The summed E-state index contributed by atoms with van der Waals surface area (Å²) in [6, 6.07) is 4.13. The van der Waals surface area contributed by atoms with E-state index in [1.807, 2.05) is 6.07 Å². The summed E-state index contributed by atoms with van der Waals surface area (Å²) >= 11 is 0. The van der Waals surface area contributed by atoms with Gasteiger partial charge in [-0.05, 0) is 49.9 Å². The topological polar surface area (TPSA) is 110 Å². The Morgan fingerprint density at radius 3 is 2.50 bits per heavy atom. The van der Waals surface area contributed by atoms with Crippen LogP contribution in [0.5, 0.6) is 0 Å². The summed E-state index contributed by atoms with van der Waals surface area (Å²) in [5.41, 5.74) is 3.31. The van der Waals surface area contributed by atoms with Crippen LogP contribution < -0.4 is 15.2 Å². The normalized spacial score (nSPS) is 11.8. The van der Waals surface area contributed by atoms with Gasteiger partial charge < -0.3 is 5.32 Å². The van der Waals surface area contributed by atoms with Crippen LogP contribution in [-0.4, -0.2) is 31.5 Å². The molecule has 7 nitrogen and oxygen atoms in total. The maximum atomic E-state index is 10.7. The molecule has 0 spiro atoms. The second-order valence-electron chi connectivity index (χ2n) is 5.25. The Hall–Kier alpha value is -1.77. The zero-order valence-corrected chi connectivity index (χ0v) is 13.6. The third-order valence-corrected chi connectivity index (χ3v) is 4.06. The fourth-order valence-corrected chi connectivity index (χ4v) is 2.56. The van der Waals surface area contributed by atoms with E-state index in [0.717, 1.165) is 23.1 Å². The van der Waals surface area contributed by atoms with Crippen molar-refractivity contribution in [2.45, 2.75) is 26.7 Å². The first-order chi connectivity index (χ1) is 10.4. The number of anilines is 1. The first kappa shape index (κ1) is 16.6. The minimum atomic E-state index is -3.59. The molecule has 0 bridgehead atoms. The van der Waals surface area contributed by atoms with Crippen molar-refractivity contribution in [1.82, 2.24) is 14.7 Å². The molecule has 22 heavy (non-hydrogen) atoms. The maximum absolute atomic E-state index is 10.7. The molecule has 0 unspecified atom stereocenters. The van der Waals surface area contributed by atoms with Crippen LogP contribution in [0.4, 0.5) is 5.82 Å². The van der Waals surface area contributed by atoms with Crippen LogP contribution in [-0.2, 0) is 10.2 Å². The molecule has 0 radical (unpaired) electrons. The van der Waals surface area contributed by atoms with Crippen molar-refractivity contribution in [2.75, 3.05) is 18.4 Å². The monoisotopic (exact) mass is 323 g/mol. The number of rotatable bonds is 7. The van der Waals surface area contributed by atoms with E-state index in [4.69, 9.17) is 5.14 Å². The first-order valence-electron chi connectivity index (χ1n) is 7.10. The van der Waals surface area contributed by atoms with E-state index in [1.54, 1.807) is 6.33 Å². The van der Waals surface area contributed by atoms with Gasteiger partial charge in [-0.3, -0.25) is 0 Å². The van der Waals surface area contributed by atoms with Gasteiger partial charge in [-0.25, -0.2) is 19.8 Å². The summed E-state index contributed by atoms with van der Waals surface area (Å²) in [5, 5.41) is 9.12. The van der Waals surface area contributed by atoms with Gasteiger partial charge in [0.2, 0.25) is 0 Å². The van der Waals surface area contributed by atoms with Gasteiger partial charge in [0.1, 0.15) is 12.1 Å². The molecule has 2 rings (SSSR count). The molecule has 4 N–H and O–H groups in total. The fraction of sp³-hybridized carbons (Fsp3) is 0.429. The van der Waals surface area contributed by atoms with Crippen LogP contribution in [0, 0.1) is 13.8 Å². The van der Waals surface area contributed by atoms with Crippen molar-refractivity contribution in [3.05, 3.63) is 29.6 Å². The van der Waals surface area contributed by atoms with Crippen molar-refractivity contribution in [3.8, 4) is 0 Å². The van der Waals surface area contributed by atoms with Gasteiger partial charge in [0, 0.05) is 18.5 Å². The Balaban J connectivity index is 1.93. The Morgan fingerprint density at radius 2 is 1.77 bits per heavy atom. The maximum Gasteiger partial charge on any atom is 0.274 e. The number of hydrogen-bond donors (Lipinski definition) is 3. The van der Waals surface area contributed by atoms with Crippen molar-refractivity contribution < 1.29 is 8.42 Å².